The molecule has 110 valence electrons. The number of carboxylic acids is 1. The number of ether oxygens (including phenoxy) is 1. The van der Waals surface area contributed by atoms with Crippen molar-refractivity contribution < 1.29 is 19.4 Å². The normalized spacial score (nSPS) is 18.9. The van der Waals surface area contributed by atoms with Gasteiger partial charge in [0.2, 0.25) is 0 Å². The van der Waals surface area contributed by atoms with Crippen LogP contribution in [0.3, 0.4) is 0 Å². The number of hydrogen-bond donors (Lipinski definition) is 2. The third-order valence-electron chi connectivity index (χ3n) is 3.44. The fourth-order valence-electron chi connectivity index (χ4n) is 2.37. The number of benzene rings is 1. The zero-order valence-corrected chi connectivity index (χ0v) is 11.8. The fourth-order valence-corrected chi connectivity index (χ4v) is 2.55. The van der Waals surface area contributed by atoms with Gasteiger partial charge in [0.15, 0.2) is 6.10 Å². The Kier molecular flexibility index (Phi) is 3.57. The SMILES string of the molecule is O=C(O)C1CN(C(=O)c2cc3cc(Cl)ccc3[nH]2)CCO1. The molecule has 2 N–H and O–H groups in total. The van der Waals surface area contributed by atoms with Crippen molar-refractivity contribution in [3.05, 3.63) is 35.0 Å². The molecule has 0 spiro atoms. The number of aromatic amines is 1. The molecule has 1 fully saturated rings. The molecule has 0 aliphatic carbocycles. The van der Waals surface area contributed by atoms with E-state index in [0.29, 0.717) is 17.3 Å². The number of rotatable bonds is 2. The summed E-state index contributed by atoms with van der Waals surface area (Å²) in [5.74, 6) is -1.30. The highest BCUT2D eigenvalue weighted by molar-refractivity contribution is 6.31. The zero-order valence-electron chi connectivity index (χ0n) is 11.0. The Morgan fingerprint density at radius 3 is 2.95 bits per heavy atom. The second kappa shape index (κ2) is 5.38. The van der Waals surface area contributed by atoms with Crippen LogP contribution in [0, 0.1) is 0 Å². The van der Waals surface area contributed by atoms with Gasteiger partial charge < -0.3 is 19.7 Å². The molecule has 1 amide bonds. The van der Waals surface area contributed by atoms with E-state index in [0.717, 1.165) is 10.9 Å². The van der Waals surface area contributed by atoms with Gasteiger partial charge in [0, 0.05) is 22.5 Å². The summed E-state index contributed by atoms with van der Waals surface area (Å²) in [6.07, 6.45) is -0.971. The molecule has 1 aliphatic heterocycles. The average molecular weight is 309 g/mol. The standard InChI is InChI=1S/C14H13ClN2O4/c15-9-1-2-10-8(5-9)6-11(16-10)13(18)17-3-4-21-12(7-17)14(19)20/h1-2,5-6,12,16H,3-4,7H2,(H,19,20). The minimum Gasteiger partial charge on any atom is -0.479 e. The average Bonchev–Trinajstić information content (AvgIpc) is 2.89. The third-order valence-corrected chi connectivity index (χ3v) is 3.68. The highest BCUT2D eigenvalue weighted by Gasteiger charge is 2.30. The largest absolute Gasteiger partial charge is 0.479 e. The van der Waals surface area contributed by atoms with E-state index in [1.54, 1.807) is 24.3 Å². The van der Waals surface area contributed by atoms with Crippen molar-refractivity contribution in [3.8, 4) is 0 Å². The van der Waals surface area contributed by atoms with Crippen molar-refractivity contribution in [3.63, 3.8) is 0 Å². The predicted molar refractivity (Wildman–Crippen MR) is 76.6 cm³/mol. The Labute approximate surface area is 125 Å². The molecule has 3 rings (SSSR count). The first-order valence-corrected chi connectivity index (χ1v) is 6.84. The lowest BCUT2D eigenvalue weighted by atomic mass is 10.2. The van der Waals surface area contributed by atoms with E-state index in [2.05, 4.69) is 4.98 Å². The van der Waals surface area contributed by atoms with Gasteiger partial charge in [-0.15, -0.1) is 0 Å². The molecule has 1 saturated heterocycles. The van der Waals surface area contributed by atoms with Crippen molar-refractivity contribution in [1.29, 1.82) is 0 Å². The minimum atomic E-state index is -1.06. The number of morpholine rings is 1. The highest BCUT2D eigenvalue weighted by atomic mass is 35.5. The van der Waals surface area contributed by atoms with Crippen LogP contribution in [0.1, 0.15) is 10.5 Å². The van der Waals surface area contributed by atoms with Crippen molar-refractivity contribution in [2.24, 2.45) is 0 Å². The van der Waals surface area contributed by atoms with Crippen LogP contribution in [-0.2, 0) is 9.53 Å². The summed E-state index contributed by atoms with van der Waals surface area (Å²) in [4.78, 5) is 27.9. The maximum Gasteiger partial charge on any atom is 0.334 e. The molecule has 0 saturated carbocycles. The van der Waals surface area contributed by atoms with Gasteiger partial charge in [-0.1, -0.05) is 11.6 Å². The number of carbonyl (C=O) groups excluding carboxylic acids is 1. The third kappa shape index (κ3) is 2.72. The second-order valence-corrected chi connectivity index (χ2v) is 5.30. The van der Waals surface area contributed by atoms with E-state index in [9.17, 15) is 9.59 Å². The maximum absolute atomic E-state index is 12.4. The zero-order chi connectivity index (χ0) is 15.0. The summed E-state index contributed by atoms with van der Waals surface area (Å²) >= 11 is 5.92. The smallest absolute Gasteiger partial charge is 0.334 e. The predicted octanol–water partition coefficient (Wildman–Crippen LogP) is 1.75. The Morgan fingerprint density at radius 2 is 2.19 bits per heavy atom. The van der Waals surface area contributed by atoms with Gasteiger partial charge in [-0.05, 0) is 24.3 Å². The molecule has 2 aromatic rings. The first-order valence-electron chi connectivity index (χ1n) is 6.46. The molecule has 7 heteroatoms. The molecule has 0 bridgehead atoms. The van der Waals surface area contributed by atoms with E-state index in [1.165, 1.54) is 4.90 Å². The number of H-pyrrole nitrogens is 1. The minimum absolute atomic E-state index is 0.0459. The number of aliphatic carboxylic acids is 1. The van der Waals surface area contributed by atoms with Crippen LogP contribution >= 0.6 is 11.6 Å². The van der Waals surface area contributed by atoms with Crippen LogP contribution in [-0.4, -0.2) is 52.7 Å². The summed E-state index contributed by atoms with van der Waals surface area (Å²) in [6, 6.07) is 7.02. The van der Waals surface area contributed by atoms with Crippen molar-refractivity contribution in [2.45, 2.75) is 6.10 Å². The van der Waals surface area contributed by atoms with Gasteiger partial charge in [0.1, 0.15) is 5.69 Å². The van der Waals surface area contributed by atoms with E-state index in [1.807, 2.05) is 0 Å². The summed E-state index contributed by atoms with van der Waals surface area (Å²) in [5, 5.41) is 10.4. The molecule has 1 aromatic heterocycles. The molecular weight excluding hydrogens is 296 g/mol. The molecule has 21 heavy (non-hydrogen) atoms. The number of nitrogens with one attached hydrogen (secondary N) is 1. The van der Waals surface area contributed by atoms with Gasteiger partial charge >= 0.3 is 5.97 Å². The first kappa shape index (κ1) is 13.9. The van der Waals surface area contributed by atoms with E-state index < -0.39 is 12.1 Å². The summed E-state index contributed by atoms with van der Waals surface area (Å²) in [6.45, 7) is 0.637. The number of nitrogens with zero attached hydrogens (tertiary/aromatic N) is 1. The summed E-state index contributed by atoms with van der Waals surface area (Å²) in [7, 11) is 0. The quantitative estimate of drug-likeness (QED) is 0.885. The van der Waals surface area contributed by atoms with Crippen molar-refractivity contribution in [2.75, 3.05) is 19.7 Å². The second-order valence-electron chi connectivity index (χ2n) is 4.86. The number of amides is 1. The van der Waals surface area contributed by atoms with Crippen LogP contribution in [0.4, 0.5) is 0 Å². The fraction of sp³-hybridized carbons (Fsp3) is 0.286. The van der Waals surface area contributed by atoms with E-state index in [-0.39, 0.29) is 19.1 Å². The number of halogens is 1. The van der Waals surface area contributed by atoms with E-state index in [4.69, 9.17) is 21.4 Å². The van der Waals surface area contributed by atoms with Gasteiger partial charge in [-0.25, -0.2) is 4.79 Å². The Bertz CT molecular complexity index is 712. The number of fused-ring (bicyclic) bond motifs is 1. The number of aromatic nitrogens is 1. The van der Waals surface area contributed by atoms with Gasteiger partial charge in [0.25, 0.3) is 5.91 Å². The molecule has 6 nitrogen and oxygen atoms in total. The molecule has 0 radical (unpaired) electrons. The lowest BCUT2D eigenvalue weighted by Gasteiger charge is -2.30. The Morgan fingerprint density at radius 1 is 1.38 bits per heavy atom. The number of carboxylic acid groups (broad SMARTS) is 1. The highest BCUT2D eigenvalue weighted by Crippen LogP contribution is 2.21. The van der Waals surface area contributed by atoms with Crippen LogP contribution in [0.5, 0.6) is 0 Å². The molecular formula is C14H13ClN2O4. The summed E-state index contributed by atoms with van der Waals surface area (Å²) in [5.41, 5.74) is 1.23. The van der Waals surface area contributed by atoms with Gasteiger partial charge in [-0.3, -0.25) is 4.79 Å². The lowest BCUT2D eigenvalue weighted by Crippen LogP contribution is -2.48. The van der Waals surface area contributed by atoms with Crippen molar-refractivity contribution >= 4 is 34.4 Å². The number of hydrogen-bond acceptors (Lipinski definition) is 3. The Balaban J connectivity index is 1.84. The molecule has 2 heterocycles. The molecule has 1 aromatic carbocycles. The maximum atomic E-state index is 12.4. The summed E-state index contributed by atoms with van der Waals surface area (Å²) < 4.78 is 5.11. The van der Waals surface area contributed by atoms with Crippen LogP contribution in [0.25, 0.3) is 10.9 Å². The van der Waals surface area contributed by atoms with Crippen molar-refractivity contribution in [1.82, 2.24) is 9.88 Å². The van der Waals surface area contributed by atoms with Gasteiger partial charge in [-0.2, -0.15) is 0 Å². The molecule has 1 unspecified atom stereocenters. The van der Waals surface area contributed by atoms with Crippen LogP contribution in [0.2, 0.25) is 5.02 Å². The lowest BCUT2D eigenvalue weighted by molar-refractivity contribution is -0.154. The monoisotopic (exact) mass is 308 g/mol. The molecule has 1 aliphatic rings. The molecule has 1 atom stereocenters. The van der Waals surface area contributed by atoms with Crippen LogP contribution < -0.4 is 0 Å². The van der Waals surface area contributed by atoms with E-state index >= 15 is 0 Å². The topological polar surface area (TPSA) is 82.6 Å². The first-order chi connectivity index (χ1) is 10.0. The van der Waals surface area contributed by atoms with Crippen LogP contribution in [0.15, 0.2) is 24.3 Å². The number of carbonyl (C=O) groups is 2. The Hall–Kier alpha value is -2.05. The van der Waals surface area contributed by atoms with Gasteiger partial charge in [0.05, 0.1) is 13.2 Å².